The monoisotopic (exact) mass is 433 g/mol. The summed E-state index contributed by atoms with van der Waals surface area (Å²) in [6, 6.07) is 11.5. The number of fused-ring (bicyclic) bond motifs is 2. The van der Waals surface area contributed by atoms with E-state index in [-0.39, 0.29) is 17.0 Å². The number of hydrogen-bond donors (Lipinski definition) is 0. The molecule has 0 radical (unpaired) electrons. The number of pyridine rings is 2. The molecule has 1 aromatic carbocycles. The maximum absolute atomic E-state index is 12.8. The van der Waals surface area contributed by atoms with Gasteiger partial charge in [0.25, 0.3) is 5.56 Å². The molecule has 4 heterocycles. The average Bonchev–Trinajstić information content (AvgIpc) is 3.19. The fraction of sp³-hybridized carbons (Fsp3) is 0.304. The van der Waals surface area contributed by atoms with Crippen LogP contribution < -0.4 is 10.5 Å². The Kier molecular flexibility index (Phi) is 4.67. The van der Waals surface area contributed by atoms with Gasteiger partial charge in [0.2, 0.25) is 0 Å². The number of nitriles is 1. The molecule has 3 aromatic heterocycles. The lowest BCUT2D eigenvalue weighted by Gasteiger charge is -2.33. The normalized spacial score (nSPS) is 15.0. The molecule has 0 saturated carbocycles. The van der Waals surface area contributed by atoms with E-state index >= 15 is 0 Å². The summed E-state index contributed by atoms with van der Waals surface area (Å²) in [5, 5.41) is 10.1. The Morgan fingerprint density at radius 2 is 1.97 bits per heavy atom. The molecule has 156 valence electrons. The Labute approximate surface area is 183 Å². The molecule has 0 atom stereocenters. The summed E-state index contributed by atoms with van der Waals surface area (Å²) in [5.74, 6) is 0.930. The first-order valence-electron chi connectivity index (χ1n) is 10.2. The maximum atomic E-state index is 12.8. The number of piperidine rings is 1. The lowest BCUT2D eigenvalue weighted by atomic mass is 9.95. The van der Waals surface area contributed by atoms with Crippen LogP contribution in [-0.2, 0) is 7.05 Å². The van der Waals surface area contributed by atoms with E-state index in [9.17, 15) is 10.1 Å². The van der Waals surface area contributed by atoms with E-state index in [4.69, 9.17) is 21.0 Å². The summed E-state index contributed by atoms with van der Waals surface area (Å²) < 4.78 is 7.46. The highest BCUT2D eigenvalue weighted by Gasteiger charge is 2.29. The molecule has 1 saturated heterocycles. The predicted molar refractivity (Wildman–Crippen MR) is 120 cm³/mol. The second-order valence-electron chi connectivity index (χ2n) is 7.99. The summed E-state index contributed by atoms with van der Waals surface area (Å²) in [6.45, 7) is 3.36. The van der Waals surface area contributed by atoms with Gasteiger partial charge in [-0.05, 0) is 49.6 Å². The second-order valence-corrected chi connectivity index (χ2v) is 8.37. The first kappa shape index (κ1) is 19.6. The van der Waals surface area contributed by atoms with Gasteiger partial charge in [-0.15, -0.1) is 0 Å². The molecular formula is C23H20ClN5O2. The first-order valence-corrected chi connectivity index (χ1v) is 10.6. The SMILES string of the molecule is Cc1ccc2oc(C3CCN(c4c(C#N)c(=O)n(C)c5ccc(Cl)nc45)CC3)nc2c1. The van der Waals surface area contributed by atoms with Crippen molar-refractivity contribution in [2.24, 2.45) is 7.05 Å². The molecule has 1 aliphatic heterocycles. The number of benzene rings is 1. The van der Waals surface area contributed by atoms with Gasteiger partial charge in [-0.2, -0.15) is 5.26 Å². The van der Waals surface area contributed by atoms with E-state index in [0.717, 1.165) is 35.4 Å². The van der Waals surface area contributed by atoms with E-state index in [1.165, 1.54) is 4.57 Å². The summed E-state index contributed by atoms with van der Waals surface area (Å²) in [5.41, 5.74) is 4.38. The smallest absolute Gasteiger partial charge is 0.270 e. The third kappa shape index (κ3) is 3.24. The van der Waals surface area contributed by atoms with Gasteiger partial charge >= 0.3 is 0 Å². The summed E-state index contributed by atoms with van der Waals surface area (Å²) in [7, 11) is 1.64. The Balaban J connectivity index is 1.50. The Morgan fingerprint density at radius 3 is 2.71 bits per heavy atom. The average molecular weight is 434 g/mol. The number of aryl methyl sites for hydroxylation is 2. The van der Waals surface area contributed by atoms with Gasteiger partial charge in [0.15, 0.2) is 11.5 Å². The van der Waals surface area contributed by atoms with Crippen LogP contribution >= 0.6 is 11.6 Å². The fourth-order valence-electron chi connectivity index (χ4n) is 4.36. The van der Waals surface area contributed by atoms with Crippen molar-refractivity contribution < 1.29 is 4.42 Å². The van der Waals surface area contributed by atoms with Gasteiger partial charge in [0.05, 0.1) is 11.2 Å². The molecule has 4 aromatic rings. The van der Waals surface area contributed by atoms with Crippen molar-refractivity contribution in [3.05, 3.63) is 62.9 Å². The fourth-order valence-corrected chi connectivity index (χ4v) is 4.51. The standard InChI is InChI=1S/C23H20ClN5O2/c1-13-3-5-18-16(11-13)26-22(31-18)14-7-9-29(10-8-14)21-15(12-25)23(30)28(2)17-4-6-19(24)27-20(17)21/h3-6,11,14H,7-10H2,1-2H3. The molecule has 8 heteroatoms. The number of rotatable bonds is 2. The molecule has 0 N–H and O–H groups in total. The molecule has 31 heavy (non-hydrogen) atoms. The minimum absolute atomic E-state index is 0.0977. The Morgan fingerprint density at radius 1 is 1.19 bits per heavy atom. The highest BCUT2D eigenvalue weighted by molar-refractivity contribution is 6.29. The number of aromatic nitrogens is 3. The van der Waals surface area contributed by atoms with Crippen LogP contribution in [0, 0.1) is 18.3 Å². The summed E-state index contributed by atoms with van der Waals surface area (Å²) in [4.78, 5) is 24.0. The molecule has 7 nitrogen and oxygen atoms in total. The van der Waals surface area contributed by atoms with Crippen molar-refractivity contribution in [2.75, 3.05) is 18.0 Å². The summed E-state index contributed by atoms with van der Waals surface area (Å²) in [6.07, 6.45) is 1.60. The minimum Gasteiger partial charge on any atom is -0.440 e. The number of halogens is 1. The van der Waals surface area contributed by atoms with Gasteiger partial charge < -0.3 is 13.9 Å². The molecule has 0 aliphatic carbocycles. The molecule has 0 amide bonds. The van der Waals surface area contributed by atoms with Gasteiger partial charge in [-0.3, -0.25) is 4.79 Å². The molecule has 0 bridgehead atoms. The largest absolute Gasteiger partial charge is 0.440 e. The Bertz CT molecular complexity index is 1420. The van der Waals surface area contributed by atoms with Gasteiger partial charge in [0, 0.05) is 26.1 Å². The Hall–Kier alpha value is -3.37. The van der Waals surface area contributed by atoms with Crippen molar-refractivity contribution in [2.45, 2.75) is 25.7 Å². The molecule has 5 rings (SSSR count). The minimum atomic E-state index is -0.328. The van der Waals surface area contributed by atoms with Crippen molar-refractivity contribution in [3.63, 3.8) is 0 Å². The van der Waals surface area contributed by atoms with Crippen LogP contribution in [0.5, 0.6) is 0 Å². The molecule has 0 spiro atoms. The van der Waals surface area contributed by atoms with Crippen LogP contribution in [0.1, 0.15) is 35.8 Å². The van der Waals surface area contributed by atoms with Crippen LogP contribution in [0.3, 0.4) is 0 Å². The highest BCUT2D eigenvalue weighted by atomic mass is 35.5. The van der Waals surface area contributed by atoms with Crippen LogP contribution in [-0.4, -0.2) is 27.6 Å². The van der Waals surface area contributed by atoms with Gasteiger partial charge in [0.1, 0.15) is 27.8 Å². The van der Waals surface area contributed by atoms with E-state index < -0.39 is 0 Å². The zero-order valence-corrected chi connectivity index (χ0v) is 18.0. The van der Waals surface area contributed by atoms with Gasteiger partial charge in [-0.25, -0.2) is 9.97 Å². The van der Waals surface area contributed by atoms with Crippen molar-refractivity contribution in [3.8, 4) is 6.07 Å². The number of anilines is 1. The topological polar surface area (TPSA) is 88.0 Å². The van der Waals surface area contributed by atoms with Crippen molar-refractivity contribution in [1.29, 1.82) is 5.26 Å². The van der Waals surface area contributed by atoms with Crippen LogP contribution in [0.4, 0.5) is 5.69 Å². The zero-order chi connectivity index (χ0) is 21.7. The summed E-state index contributed by atoms with van der Waals surface area (Å²) >= 11 is 6.15. The maximum Gasteiger partial charge on any atom is 0.270 e. The quantitative estimate of drug-likeness (QED) is 0.438. The van der Waals surface area contributed by atoms with Crippen molar-refractivity contribution >= 4 is 39.4 Å². The number of oxazole rings is 1. The number of hydrogen-bond acceptors (Lipinski definition) is 6. The first-order chi connectivity index (χ1) is 15.0. The van der Waals surface area contributed by atoms with Crippen LogP contribution in [0.25, 0.3) is 22.1 Å². The van der Waals surface area contributed by atoms with E-state index in [0.29, 0.717) is 35.0 Å². The van der Waals surface area contributed by atoms with E-state index in [1.807, 2.05) is 25.1 Å². The molecule has 1 fully saturated rings. The van der Waals surface area contributed by atoms with Gasteiger partial charge in [-0.1, -0.05) is 17.7 Å². The molecule has 1 aliphatic rings. The number of nitrogens with zero attached hydrogens (tertiary/aromatic N) is 5. The highest BCUT2D eigenvalue weighted by Crippen LogP contribution is 2.35. The lowest BCUT2D eigenvalue weighted by Crippen LogP contribution is -2.36. The third-order valence-corrected chi connectivity index (χ3v) is 6.22. The van der Waals surface area contributed by atoms with Crippen LogP contribution in [0.15, 0.2) is 39.5 Å². The zero-order valence-electron chi connectivity index (χ0n) is 17.2. The van der Waals surface area contributed by atoms with E-state index in [1.54, 1.807) is 19.2 Å². The molecular weight excluding hydrogens is 414 g/mol. The predicted octanol–water partition coefficient (Wildman–Crippen LogP) is 4.29. The van der Waals surface area contributed by atoms with E-state index in [2.05, 4.69) is 16.0 Å². The third-order valence-electron chi connectivity index (χ3n) is 6.01. The van der Waals surface area contributed by atoms with Crippen molar-refractivity contribution in [1.82, 2.24) is 14.5 Å². The molecule has 0 unspecified atom stereocenters. The lowest BCUT2D eigenvalue weighted by molar-refractivity contribution is 0.407. The second kappa shape index (κ2) is 7.40. The van der Waals surface area contributed by atoms with Crippen LogP contribution in [0.2, 0.25) is 5.15 Å².